The Kier molecular flexibility index (Phi) is 23.7. The minimum Gasteiger partial charge on any atom is -0.542 e. The Morgan fingerprint density at radius 2 is 0.606 bits per heavy atom. The van der Waals surface area contributed by atoms with Gasteiger partial charge in [0.2, 0.25) is 0 Å². The van der Waals surface area contributed by atoms with E-state index in [1.165, 1.54) is 80.4 Å². The summed E-state index contributed by atoms with van der Waals surface area (Å²) in [4.78, 5) is 8.78. The molecule has 0 atom stereocenters. The molecule has 6 rings (SSSR count). The Hall–Kier alpha value is -6.93. The van der Waals surface area contributed by atoms with Gasteiger partial charge < -0.3 is 24.1 Å². The lowest BCUT2D eigenvalue weighted by molar-refractivity contribution is -0.344. The summed E-state index contributed by atoms with van der Waals surface area (Å²) in [5.74, 6) is 0.987. The molecule has 0 radical (unpaired) electrons. The number of carbonyl (C=O) groups is 1. The number of rotatable bonds is 27. The number of aliphatic carboxylic acids is 1. The summed E-state index contributed by atoms with van der Waals surface area (Å²) in [7, 11) is 0. The molecule has 0 heterocycles. The van der Waals surface area contributed by atoms with Crippen LogP contribution in [0.25, 0.3) is 36.5 Å². The molecule has 0 spiro atoms. The molecule has 0 aliphatic rings. The lowest BCUT2D eigenvalue weighted by atomic mass is 9.84. The zero-order chi connectivity index (χ0) is 50.5. The predicted molar refractivity (Wildman–Crippen MR) is 286 cm³/mol. The minimum absolute atomic E-state index is 0.776. The smallest absolute Gasteiger partial charge is 0.430 e. The van der Waals surface area contributed by atoms with Crippen LogP contribution in [-0.2, 0) is 4.79 Å². The normalized spacial score (nSPS) is 11.5. The average Bonchev–Trinajstić information content (AvgIpc) is 3.39. The van der Waals surface area contributed by atoms with Crippen molar-refractivity contribution < 1.29 is 37.3 Å². The highest BCUT2D eigenvalue weighted by molar-refractivity contribution is 5.74. The van der Waals surface area contributed by atoms with Crippen LogP contribution >= 0.6 is 0 Å². The number of carbonyl (C=O) groups excluding carboxylic acids is 1. The van der Waals surface area contributed by atoms with Crippen LogP contribution in [0.2, 0.25) is 0 Å². The maximum absolute atomic E-state index is 10.5. The summed E-state index contributed by atoms with van der Waals surface area (Å²) >= 11 is 0. The van der Waals surface area contributed by atoms with E-state index in [1.54, 1.807) is 0 Å². The molecule has 0 aliphatic carbocycles. The molecule has 5 nitrogen and oxygen atoms in total. The van der Waals surface area contributed by atoms with Gasteiger partial charge >= 0.3 is 6.18 Å². The van der Waals surface area contributed by atoms with Crippen LogP contribution in [0.5, 0.6) is 17.2 Å². The van der Waals surface area contributed by atoms with E-state index in [4.69, 9.17) is 24.1 Å². The molecule has 0 aromatic heterocycles. The van der Waals surface area contributed by atoms with E-state index in [1.807, 2.05) is 0 Å². The molecule has 0 aliphatic heterocycles. The first kappa shape index (κ1) is 55.0. The van der Waals surface area contributed by atoms with Crippen LogP contribution in [0.4, 0.5) is 13.2 Å². The largest absolute Gasteiger partial charge is 0.542 e. The fourth-order valence-electron chi connectivity index (χ4n) is 7.54. The van der Waals surface area contributed by atoms with Crippen molar-refractivity contribution in [3.8, 4) is 17.2 Å². The van der Waals surface area contributed by atoms with Crippen LogP contribution in [0.1, 0.15) is 148 Å². The minimum atomic E-state index is -5.19. The molecule has 6 aromatic rings. The molecule has 0 fully saturated rings. The van der Waals surface area contributed by atoms with Crippen LogP contribution < -0.4 is 19.3 Å². The molecule has 6 aromatic carbocycles. The average molecular weight is 963 g/mol. The van der Waals surface area contributed by atoms with Crippen molar-refractivity contribution in [1.29, 1.82) is 0 Å². The van der Waals surface area contributed by atoms with Gasteiger partial charge in [-0.15, -0.1) is 0 Å². The van der Waals surface area contributed by atoms with Gasteiger partial charge in [-0.2, -0.15) is 13.2 Å². The maximum atomic E-state index is 10.5. The first-order valence-electron chi connectivity index (χ1n) is 25.2. The van der Waals surface area contributed by atoms with E-state index < -0.39 is 12.1 Å². The van der Waals surface area contributed by atoms with Gasteiger partial charge in [0.1, 0.15) is 23.2 Å². The summed E-state index contributed by atoms with van der Waals surface area (Å²) in [5, 5.41) is 8.78. The number of carboxylic acids is 1. The predicted octanol–water partition coefficient (Wildman–Crippen LogP) is 16.4. The molecule has 0 saturated carbocycles. The number of hydrogen-bond acceptors (Lipinski definition) is 5. The van der Waals surface area contributed by atoms with Crippen LogP contribution in [0.15, 0.2) is 146 Å². The van der Waals surface area contributed by atoms with Crippen molar-refractivity contribution in [2.24, 2.45) is 0 Å². The zero-order valence-corrected chi connectivity index (χ0v) is 41.6. The van der Waals surface area contributed by atoms with E-state index in [9.17, 15) is 13.2 Å². The summed E-state index contributed by atoms with van der Waals surface area (Å²) in [5.41, 5.74) is 10.4. The topological polar surface area (TPSA) is 67.8 Å². The van der Waals surface area contributed by atoms with E-state index in [0.717, 1.165) is 89.7 Å². The van der Waals surface area contributed by atoms with Crippen molar-refractivity contribution in [1.82, 2.24) is 0 Å². The van der Waals surface area contributed by atoms with E-state index in [-0.39, 0.29) is 0 Å². The third kappa shape index (κ3) is 20.5. The number of halogens is 3. The molecule has 8 heteroatoms. The third-order valence-electron chi connectivity index (χ3n) is 11.7. The van der Waals surface area contributed by atoms with Crippen molar-refractivity contribution in [3.63, 3.8) is 0 Å². The highest BCUT2D eigenvalue weighted by Gasteiger charge is 2.29. The second-order valence-electron chi connectivity index (χ2n) is 17.5. The van der Waals surface area contributed by atoms with Gasteiger partial charge in [0, 0.05) is 0 Å². The fraction of sp³-hybridized carbons (Fsp3) is 0.302. The van der Waals surface area contributed by atoms with Gasteiger partial charge in [-0.25, -0.2) is 0 Å². The summed E-state index contributed by atoms with van der Waals surface area (Å²) in [6, 6.07) is 51.8. The number of carboxylic acid groups (broad SMARTS) is 1. The first-order valence-corrected chi connectivity index (χ1v) is 25.2. The van der Waals surface area contributed by atoms with Gasteiger partial charge in [0.05, 0.1) is 42.4 Å². The van der Waals surface area contributed by atoms with E-state index in [0.29, 0.717) is 0 Å². The lowest BCUT2D eigenvalue weighted by Gasteiger charge is -2.14. The van der Waals surface area contributed by atoms with Gasteiger partial charge in [-0.05, 0) is 162 Å². The van der Waals surface area contributed by atoms with E-state index >= 15 is 0 Å². The Morgan fingerprint density at radius 3 is 0.803 bits per heavy atom. The van der Waals surface area contributed by atoms with Crippen molar-refractivity contribution in [2.75, 3.05) is 19.8 Å². The molecule has 372 valence electrons. The standard InChI is InChI=1S/C61H69O3.C2HF3O2/c1-4-7-10-13-46-62-58-40-28-52(29-41-58)19-16-49-22-34-55(35-23-49)61(56-36-24-50(25-37-56)17-20-53-30-42-59(43-31-53)63-47-14-11-8-5-2)57-38-26-51(27-39-57)18-21-54-32-44-60(45-33-54)64-48-15-12-9-6-3;3-2(4,5)1(6)7/h16-45H,4-15,46-48H2,1-3H3;(H,6,7)/q+1;/p-1/b19-16+,20-17+,21-18+;. The lowest BCUT2D eigenvalue weighted by Crippen LogP contribution is -2.37. The van der Waals surface area contributed by atoms with Crippen LogP contribution in [0.3, 0.4) is 0 Å². The van der Waals surface area contributed by atoms with Gasteiger partial charge in [-0.3, -0.25) is 0 Å². The number of alkyl halides is 3. The molecule has 0 saturated heterocycles. The number of hydrogen-bond donors (Lipinski definition) is 0. The fourth-order valence-corrected chi connectivity index (χ4v) is 7.54. The molecule has 0 unspecified atom stereocenters. The van der Waals surface area contributed by atoms with Gasteiger partial charge in [-0.1, -0.05) is 151 Å². The molecular weight excluding hydrogens is 894 g/mol. The summed E-state index contributed by atoms with van der Waals surface area (Å²) in [6.07, 6.45) is 22.3. The maximum Gasteiger partial charge on any atom is 0.430 e. The third-order valence-corrected chi connectivity index (χ3v) is 11.7. The highest BCUT2D eigenvalue weighted by atomic mass is 19.4. The molecule has 0 amide bonds. The second kappa shape index (κ2) is 30.6. The molecule has 71 heavy (non-hydrogen) atoms. The molecular formula is C63H69F3O5. The Labute approximate surface area is 420 Å². The Bertz CT molecular complexity index is 2220. The van der Waals surface area contributed by atoms with Crippen LogP contribution in [0, 0.1) is 5.92 Å². The summed E-state index contributed by atoms with van der Waals surface area (Å²) in [6.45, 7) is 9.03. The van der Waals surface area contributed by atoms with Gasteiger partial charge in [0.15, 0.2) is 0 Å². The van der Waals surface area contributed by atoms with Crippen molar-refractivity contribution >= 4 is 42.4 Å². The molecule has 0 N–H and O–H groups in total. The first-order chi connectivity index (χ1) is 34.5. The zero-order valence-electron chi connectivity index (χ0n) is 41.6. The quantitative estimate of drug-likeness (QED) is 0.0223. The Balaban J connectivity index is 0.00000124. The number of ether oxygens (including phenoxy) is 3. The van der Waals surface area contributed by atoms with Crippen molar-refractivity contribution in [3.05, 3.63) is 202 Å². The summed E-state index contributed by atoms with van der Waals surface area (Å²) < 4.78 is 49.4. The number of unbranched alkanes of at least 4 members (excludes halogenated alkanes) is 9. The molecule has 0 bridgehead atoms. The monoisotopic (exact) mass is 963 g/mol. The highest BCUT2D eigenvalue weighted by Crippen LogP contribution is 2.33. The van der Waals surface area contributed by atoms with Crippen molar-refractivity contribution in [2.45, 2.75) is 104 Å². The van der Waals surface area contributed by atoms with E-state index in [2.05, 4.69) is 203 Å². The van der Waals surface area contributed by atoms with Crippen LogP contribution in [-0.4, -0.2) is 32.0 Å². The SMILES string of the molecule is CCCCCCOc1ccc(/C=C/c2ccc([C+](c3ccc(/C=C/c4ccc(OCCCCCC)cc4)cc3)c3ccc(/C=C/c4ccc(OCCCCCC)cc4)cc3)cc2)cc1.O=C([O-])C(F)(F)F. The second-order valence-corrected chi connectivity index (χ2v) is 17.5. The van der Waals surface area contributed by atoms with Gasteiger partial charge in [0.25, 0.3) is 0 Å². The Morgan fingerprint density at radius 1 is 0.394 bits per heavy atom. The number of benzene rings is 6.